The van der Waals surface area contributed by atoms with Crippen LogP contribution in [0.3, 0.4) is 0 Å². The van der Waals surface area contributed by atoms with Crippen LogP contribution in [0.4, 0.5) is 0 Å². The van der Waals surface area contributed by atoms with Crippen molar-refractivity contribution >= 4 is 0 Å². The van der Waals surface area contributed by atoms with Crippen LogP contribution in [0, 0.1) is 6.92 Å². The summed E-state index contributed by atoms with van der Waals surface area (Å²) in [7, 11) is 2.02. The molecule has 0 aliphatic carbocycles. The van der Waals surface area contributed by atoms with Crippen LogP contribution >= 0.6 is 0 Å². The van der Waals surface area contributed by atoms with Crippen LogP contribution < -0.4 is 5.32 Å². The monoisotopic (exact) mass is 233 g/mol. The molecule has 96 valence electrons. The summed E-state index contributed by atoms with van der Waals surface area (Å²) >= 11 is 0. The molecule has 1 aromatic rings. The van der Waals surface area contributed by atoms with E-state index in [1.807, 2.05) is 7.05 Å². The van der Waals surface area contributed by atoms with E-state index in [-0.39, 0.29) is 5.41 Å². The number of aryl methyl sites for hydroxylation is 1. The average molecular weight is 233 g/mol. The van der Waals surface area contributed by atoms with E-state index in [2.05, 4.69) is 58.1 Å². The van der Waals surface area contributed by atoms with Crippen LogP contribution in [0.25, 0.3) is 0 Å². The Morgan fingerprint density at radius 2 is 1.88 bits per heavy atom. The Balaban J connectivity index is 2.98. The van der Waals surface area contributed by atoms with Crippen molar-refractivity contribution in [3.05, 3.63) is 34.9 Å². The zero-order chi connectivity index (χ0) is 13.1. The van der Waals surface area contributed by atoms with Gasteiger partial charge in [-0.2, -0.15) is 0 Å². The van der Waals surface area contributed by atoms with Crippen molar-refractivity contribution in [3.8, 4) is 0 Å². The highest BCUT2D eigenvalue weighted by Gasteiger charge is 2.16. The summed E-state index contributed by atoms with van der Waals surface area (Å²) in [5.74, 6) is 0.629. The van der Waals surface area contributed by atoms with Crippen LogP contribution in [-0.4, -0.2) is 13.6 Å². The molecule has 0 amide bonds. The zero-order valence-corrected chi connectivity index (χ0v) is 12.2. The topological polar surface area (TPSA) is 12.0 Å². The number of nitrogens with one attached hydrogen (secondary N) is 1. The standard InChI is InChI=1S/C16H27N/c1-12-7-8-14(16(3,4)5)11-15(12)13(2)9-10-17-6/h7-8,11,13,17H,9-10H2,1-6H3. The smallest absolute Gasteiger partial charge is 0.00462 e. The van der Waals surface area contributed by atoms with Crippen molar-refractivity contribution in [2.75, 3.05) is 13.6 Å². The summed E-state index contributed by atoms with van der Waals surface area (Å²) in [6.07, 6.45) is 1.20. The molecule has 1 heteroatoms. The lowest BCUT2D eigenvalue weighted by Gasteiger charge is -2.23. The molecule has 1 unspecified atom stereocenters. The highest BCUT2D eigenvalue weighted by Crippen LogP contribution is 2.29. The van der Waals surface area contributed by atoms with E-state index in [1.165, 1.54) is 23.1 Å². The lowest BCUT2D eigenvalue weighted by atomic mass is 9.83. The molecule has 0 spiro atoms. The fraction of sp³-hybridized carbons (Fsp3) is 0.625. The first-order chi connectivity index (χ1) is 7.86. The number of hydrogen-bond donors (Lipinski definition) is 1. The van der Waals surface area contributed by atoms with Crippen molar-refractivity contribution in [1.29, 1.82) is 0 Å². The minimum absolute atomic E-state index is 0.241. The molecule has 1 rings (SSSR count). The van der Waals surface area contributed by atoms with Gasteiger partial charge in [-0.25, -0.2) is 0 Å². The van der Waals surface area contributed by atoms with Crippen molar-refractivity contribution in [3.63, 3.8) is 0 Å². The lowest BCUT2D eigenvalue weighted by molar-refractivity contribution is 0.584. The maximum atomic E-state index is 3.23. The van der Waals surface area contributed by atoms with Crippen LogP contribution in [0.5, 0.6) is 0 Å². The summed E-state index contributed by atoms with van der Waals surface area (Å²) in [5.41, 5.74) is 4.61. The normalized spacial score (nSPS) is 13.8. The highest BCUT2D eigenvalue weighted by atomic mass is 14.8. The van der Waals surface area contributed by atoms with Crippen molar-refractivity contribution in [2.45, 2.75) is 52.4 Å². The molecule has 1 nitrogen and oxygen atoms in total. The second-order valence-electron chi connectivity index (χ2n) is 6.11. The number of hydrogen-bond acceptors (Lipinski definition) is 1. The number of rotatable bonds is 4. The van der Waals surface area contributed by atoms with Crippen LogP contribution in [0.2, 0.25) is 0 Å². The van der Waals surface area contributed by atoms with Gasteiger partial charge in [0, 0.05) is 0 Å². The molecular weight excluding hydrogens is 206 g/mol. The van der Waals surface area contributed by atoms with Gasteiger partial charge in [0.25, 0.3) is 0 Å². The van der Waals surface area contributed by atoms with E-state index in [9.17, 15) is 0 Å². The van der Waals surface area contributed by atoms with Gasteiger partial charge in [0.05, 0.1) is 0 Å². The molecule has 0 saturated carbocycles. The van der Waals surface area contributed by atoms with E-state index in [0.717, 1.165) is 6.54 Å². The Morgan fingerprint density at radius 3 is 2.41 bits per heavy atom. The number of benzene rings is 1. The molecule has 0 radical (unpaired) electrons. The molecule has 0 saturated heterocycles. The van der Waals surface area contributed by atoms with Crippen molar-refractivity contribution in [2.24, 2.45) is 0 Å². The molecule has 17 heavy (non-hydrogen) atoms. The predicted octanol–water partition coefficient (Wildman–Crippen LogP) is 4.01. The molecule has 0 bridgehead atoms. The van der Waals surface area contributed by atoms with Gasteiger partial charge in [-0.15, -0.1) is 0 Å². The summed E-state index contributed by atoms with van der Waals surface area (Å²) in [6, 6.07) is 6.94. The Hall–Kier alpha value is -0.820. The Labute approximate surface area is 107 Å². The maximum absolute atomic E-state index is 3.23. The Kier molecular flexibility index (Phi) is 4.76. The third kappa shape index (κ3) is 3.85. The van der Waals surface area contributed by atoms with E-state index < -0.39 is 0 Å². The quantitative estimate of drug-likeness (QED) is 0.828. The van der Waals surface area contributed by atoms with Gasteiger partial charge in [-0.05, 0) is 55.0 Å². The molecule has 1 atom stereocenters. The summed E-state index contributed by atoms with van der Waals surface area (Å²) < 4.78 is 0. The van der Waals surface area contributed by atoms with Gasteiger partial charge in [0.2, 0.25) is 0 Å². The van der Waals surface area contributed by atoms with Crippen molar-refractivity contribution < 1.29 is 0 Å². The molecule has 0 heterocycles. The van der Waals surface area contributed by atoms with Gasteiger partial charge < -0.3 is 5.32 Å². The van der Waals surface area contributed by atoms with Gasteiger partial charge >= 0.3 is 0 Å². The fourth-order valence-electron chi connectivity index (χ4n) is 2.15. The average Bonchev–Trinajstić information content (AvgIpc) is 2.24. The zero-order valence-electron chi connectivity index (χ0n) is 12.2. The van der Waals surface area contributed by atoms with E-state index in [1.54, 1.807) is 0 Å². The predicted molar refractivity (Wildman–Crippen MR) is 76.8 cm³/mol. The molecule has 1 aromatic carbocycles. The third-order valence-corrected chi connectivity index (χ3v) is 3.50. The molecule has 1 N–H and O–H groups in total. The van der Waals surface area contributed by atoms with Crippen LogP contribution in [0.1, 0.15) is 56.7 Å². The first kappa shape index (κ1) is 14.2. The molecule has 0 fully saturated rings. The first-order valence-electron chi connectivity index (χ1n) is 6.62. The Bertz CT molecular complexity index is 360. The van der Waals surface area contributed by atoms with Crippen LogP contribution in [0.15, 0.2) is 18.2 Å². The third-order valence-electron chi connectivity index (χ3n) is 3.50. The molecule has 0 aromatic heterocycles. The van der Waals surface area contributed by atoms with Gasteiger partial charge in [0.1, 0.15) is 0 Å². The van der Waals surface area contributed by atoms with E-state index in [4.69, 9.17) is 0 Å². The Morgan fingerprint density at radius 1 is 1.24 bits per heavy atom. The summed E-state index contributed by atoms with van der Waals surface area (Å²) in [5, 5.41) is 3.23. The fourth-order valence-corrected chi connectivity index (χ4v) is 2.15. The minimum atomic E-state index is 0.241. The first-order valence-corrected chi connectivity index (χ1v) is 6.62. The molecular formula is C16H27N. The maximum Gasteiger partial charge on any atom is -0.00462 e. The van der Waals surface area contributed by atoms with E-state index in [0.29, 0.717) is 5.92 Å². The van der Waals surface area contributed by atoms with Gasteiger partial charge in [-0.3, -0.25) is 0 Å². The van der Waals surface area contributed by atoms with E-state index >= 15 is 0 Å². The van der Waals surface area contributed by atoms with Crippen LogP contribution in [-0.2, 0) is 5.41 Å². The minimum Gasteiger partial charge on any atom is -0.320 e. The van der Waals surface area contributed by atoms with Crippen molar-refractivity contribution in [1.82, 2.24) is 5.32 Å². The molecule has 0 aliphatic rings. The van der Waals surface area contributed by atoms with Gasteiger partial charge in [-0.1, -0.05) is 45.9 Å². The SMILES string of the molecule is CNCCC(C)c1cc(C(C)(C)C)ccc1C. The molecule has 0 aliphatic heterocycles. The second-order valence-corrected chi connectivity index (χ2v) is 6.11. The summed E-state index contributed by atoms with van der Waals surface area (Å²) in [6.45, 7) is 12.5. The largest absolute Gasteiger partial charge is 0.320 e. The highest BCUT2D eigenvalue weighted by molar-refractivity contribution is 5.36. The second kappa shape index (κ2) is 5.68. The lowest BCUT2D eigenvalue weighted by Crippen LogP contribution is -2.14. The summed E-state index contributed by atoms with van der Waals surface area (Å²) in [4.78, 5) is 0. The van der Waals surface area contributed by atoms with Gasteiger partial charge in [0.15, 0.2) is 0 Å².